The summed E-state index contributed by atoms with van der Waals surface area (Å²) in [5.74, 6) is 5.60. The van der Waals surface area contributed by atoms with E-state index in [0.29, 0.717) is 0 Å². The molecule has 0 atom stereocenters. The van der Waals surface area contributed by atoms with E-state index >= 15 is 0 Å². The van der Waals surface area contributed by atoms with Crippen molar-refractivity contribution in [2.75, 3.05) is 13.2 Å². The maximum Gasteiger partial charge on any atom is 0.104 e. The predicted octanol–water partition coefficient (Wildman–Crippen LogP) is 3.23. The predicted molar refractivity (Wildman–Crippen MR) is 96.5 cm³/mol. The lowest BCUT2D eigenvalue weighted by atomic mass is 10.2. The molecule has 0 unspecified atom stereocenters. The molecule has 2 N–H and O–H groups in total. The highest BCUT2D eigenvalue weighted by Crippen LogP contribution is 2.15. The van der Waals surface area contributed by atoms with Gasteiger partial charge in [0.2, 0.25) is 0 Å². The van der Waals surface area contributed by atoms with Crippen molar-refractivity contribution in [3.05, 3.63) is 58.4 Å². The molecule has 0 aliphatic heterocycles. The zero-order valence-corrected chi connectivity index (χ0v) is 13.8. The fraction of sp³-hybridized carbons (Fsp3) is 0.263. The third-order valence-corrected chi connectivity index (χ3v) is 4.63. The van der Waals surface area contributed by atoms with Gasteiger partial charge in [-0.2, -0.15) is 0 Å². The van der Waals surface area contributed by atoms with Gasteiger partial charge in [-0.1, -0.05) is 30.0 Å². The molecule has 0 saturated carbocycles. The topological polar surface area (TPSA) is 37.2 Å². The second-order valence-corrected chi connectivity index (χ2v) is 6.36. The van der Waals surface area contributed by atoms with E-state index in [9.17, 15) is 0 Å². The lowest BCUT2D eigenvalue weighted by Crippen LogP contribution is -2.15. The highest BCUT2D eigenvalue weighted by molar-refractivity contribution is 7.10. The summed E-state index contributed by atoms with van der Waals surface area (Å²) in [6, 6.07) is 12.7. The quantitative estimate of drug-likeness (QED) is 0.539. The van der Waals surface area contributed by atoms with Crippen molar-refractivity contribution >= 4 is 22.2 Å². The van der Waals surface area contributed by atoms with Crippen LogP contribution in [0.3, 0.4) is 0 Å². The largest absolute Gasteiger partial charge is 0.384 e. The number of aliphatic hydroxyl groups excluding tert-OH is 1. The monoisotopic (exact) mass is 324 g/mol. The molecule has 2 heterocycles. The fourth-order valence-electron chi connectivity index (χ4n) is 2.60. The van der Waals surface area contributed by atoms with Crippen molar-refractivity contribution in [3.63, 3.8) is 0 Å². The minimum absolute atomic E-state index is 0.0858. The van der Waals surface area contributed by atoms with E-state index in [1.165, 1.54) is 15.8 Å². The van der Waals surface area contributed by atoms with Crippen LogP contribution in [0.15, 0.2) is 48.0 Å². The van der Waals surface area contributed by atoms with Gasteiger partial charge in [-0.05, 0) is 36.6 Å². The number of benzene rings is 1. The zero-order chi connectivity index (χ0) is 15.9. The highest BCUT2D eigenvalue weighted by atomic mass is 32.1. The van der Waals surface area contributed by atoms with Gasteiger partial charge in [0.25, 0.3) is 0 Å². The Bertz CT molecular complexity index is 822. The van der Waals surface area contributed by atoms with E-state index in [-0.39, 0.29) is 6.61 Å². The van der Waals surface area contributed by atoms with Gasteiger partial charge in [0.05, 0.1) is 0 Å². The molecule has 23 heavy (non-hydrogen) atoms. The van der Waals surface area contributed by atoms with E-state index in [4.69, 9.17) is 5.11 Å². The first-order valence-corrected chi connectivity index (χ1v) is 8.66. The molecule has 3 nitrogen and oxygen atoms in total. The average molecular weight is 324 g/mol. The van der Waals surface area contributed by atoms with Crippen LogP contribution in [-0.4, -0.2) is 22.8 Å². The summed E-state index contributed by atoms with van der Waals surface area (Å²) in [4.78, 5) is 1.28. The van der Waals surface area contributed by atoms with E-state index in [1.807, 2.05) is 5.38 Å². The van der Waals surface area contributed by atoms with Crippen LogP contribution < -0.4 is 5.32 Å². The molecule has 0 fully saturated rings. The molecule has 118 valence electrons. The molecule has 0 aliphatic carbocycles. The number of aryl methyl sites for hydroxylation is 1. The Morgan fingerprint density at radius 1 is 1.22 bits per heavy atom. The van der Waals surface area contributed by atoms with Gasteiger partial charge in [0.1, 0.15) is 6.61 Å². The Hall–Kier alpha value is -2.06. The molecule has 3 rings (SSSR count). The second-order valence-electron chi connectivity index (χ2n) is 5.36. The van der Waals surface area contributed by atoms with Gasteiger partial charge in [-0.25, -0.2) is 0 Å². The third-order valence-electron chi connectivity index (χ3n) is 3.70. The maximum absolute atomic E-state index is 8.69. The van der Waals surface area contributed by atoms with Gasteiger partial charge < -0.3 is 15.0 Å². The van der Waals surface area contributed by atoms with Crippen LogP contribution in [-0.2, 0) is 13.1 Å². The molecular formula is C19H20N2OS. The number of thiophene rings is 1. The summed E-state index contributed by atoms with van der Waals surface area (Å²) in [6.07, 6.45) is 3.26. The van der Waals surface area contributed by atoms with Crippen molar-refractivity contribution in [1.29, 1.82) is 0 Å². The molecule has 4 heteroatoms. The van der Waals surface area contributed by atoms with Crippen LogP contribution in [0.4, 0.5) is 0 Å². The number of hydrogen-bond donors (Lipinski definition) is 2. The van der Waals surface area contributed by atoms with Gasteiger partial charge in [0.15, 0.2) is 0 Å². The van der Waals surface area contributed by atoms with Crippen LogP contribution in [0.5, 0.6) is 0 Å². The molecule has 0 spiro atoms. The number of aromatic nitrogens is 1. The van der Waals surface area contributed by atoms with Crippen LogP contribution in [0.25, 0.3) is 10.9 Å². The number of nitrogens with zero attached hydrogens (tertiary/aromatic N) is 1. The Morgan fingerprint density at radius 2 is 2.13 bits per heavy atom. The Balaban J connectivity index is 1.42. The van der Waals surface area contributed by atoms with Crippen molar-refractivity contribution in [1.82, 2.24) is 9.88 Å². The first-order valence-electron chi connectivity index (χ1n) is 7.78. The van der Waals surface area contributed by atoms with E-state index in [0.717, 1.165) is 31.6 Å². The van der Waals surface area contributed by atoms with Crippen LogP contribution >= 0.6 is 11.3 Å². The summed E-state index contributed by atoms with van der Waals surface area (Å²) in [6.45, 7) is 2.80. The van der Waals surface area contributed by atoms with Crippen LogP contribution in [0.2, 0.25) is 0 Å². The normalized spacial score (nSPS) is 10.7. The first kappa shape index (κ1) is 15.8. The number of para-hydroxylation sites is 1. The molecule has 0 aliphatic rings. The molecule has 0 amide bonds. The summed E-state index contributed by atoms with van der Waals surface area (Å²) < 4.78 is 2.31. The number of hydrogen-bond acceptors (Lipinski definition) is 3. The Labute approximate surface area is 140 Å². The Morgan fingerprint density at radius 3 is 3.04 bits per heavy atom. The molecule has 2 aromatic heterocycles. The Kier molecular flexibility index (Phi) is 5.49. The maximum atomic E-state index is 8.69. The van der Waals surface area contributed by atoms with E-state index in [2.05, 4.69) is 64.3 Å². The van der Waals surface area contributed by atoms with Crippen molar-refractivity contribution in [3.8, 4) is 11.8 Å². The number of rotatable bonds is 6. The standard InChI is InChI=1S/C19H20N2OS/c22-12-3-5-16-13-18(23-15-16)14-20-9-4-10-21-11-8-17-6-1-2-7-19(17)21/h1-2,6-8,11,13,15,20,22H,4,9-10,12,14H2. The summed E-state index contributed by atoms with van der Waals surface area (Å²) >= 11 is 1.71. The van der Waals surface area contributed by atoms with Gasteiger partial charge in [-0.15, -0.1) is 11.3 Å². The fourth-order valence-corrected chi connectivity index (χ4v) is 3.39. The van der Waals surface area contributed by atoms with Gasteiger partial charge in [0, 0.05) is 40.6 Å². The van der Waals surface area contributed by atoms with Crippen molar-refractivity contribution in [2.24, 2.45) is 0 Å². The summed E-state index contributed by atoms with van der Waals surface area (Å²) in [5.41, 5.74) is 2.29. The van der Waals surface area contributed by atoms with E-state index in [1.54, 1.807) is 11.3 Å². The summed E-state index contributed by atoms with van der Waals surface area (Å²) in [7, 11) is 0. The molecule has 1 aromatic carbocycles. The lowest BCUT2D eigenvalue weighted by molar-refractivity contribution is 0.350. The molecule has 0 saturated heterocycles. The van der Waals surface area contributed by atoms with E-state index < -0.39 is 0 Å². The number of nitrogens with one attached hydrogen (secondary N) is 1. The van der Waals surface area contributed by atoms with Gasteiger partial charge >= 0.3 is 0 Å². The third kappa shape index (κ3) is 4.23. The van der Waals surface area contributed by atoms with Gasteiger partial charge in [-0.3, -0.25) is 0 Å². The number of fused-ring (bicyclic) bond motifs is 1. The van der Waals surface area contributed by atoms with Crippen LogP contribution in [0, 0.1) is 11.8 Å². The molecule has 0 radical (unpaired) electrons. The minimum atomic E-state index is -0.0858. The zero-order valence-electron chi connectivity index (χ0n) is 13.0. The van der Waals surface area contributed by atoms with Crippen LogP contribution in [0.1, 0.15) is 16.9 Å². The molecular weight excluding hydrogens is 304 g/mol. The van der Waals surface area contributed by atoms with Crippen molar-refractivity contribution in [2.45, 2.75) is 19.5 Å². The average Bonchev–Trinajstić information content (AvgIpc) is 3.20. The molecule has 3 aromatic rings. The highest BCUT2D eigenvalue weighted by Gasteiger charge is 2.00. The molecule has 0 bridgehead atoms. The first-order chi connectivity index (χ1) is 11.4. The van der Waals surface area contributed by atoms with Crippen molar-refractivity contribution < 1.29 is 5.11 Å². The number of aliphatic hydroxyl groups is 1. The SMILES string of the molecule is OCC#Cc1csc(CNCCCn2ccc3ccccc32)c1. The summed E-state index contributed by atoms with van der Waals surface area (Å²) in [5, 5.41) is 15.5. The smallest absolute Gasteiger partial charge is 0.104 e. The lowest BCUT2D eigenvalue weighted by Gasteiger charge is -2.06. The minimum Gasteiger partial charge on any atom is -0.384 e. The second kappa shape index (κ2) is 7.98.